The lowest BCUT2D eigenvalue weighted by Crippen LogP contribution is -2.42. The van der Waals surface area contributed by atoms with E-state index in [1.165, 1.54) is 18.2 Å². The van der Waals surface area contributed by atoms with E-state index in [-0.39, 0.29) is 17.0 Å². The molecule has 1 fully saturated rings. The number of carbonyl (C=O) groups is 1. The highest BCUT2D eigenvalue weighted by atomic mass is 35.5. The number of amides is 1. The standard InChI is InChI=1S/C16H15ClFN3O2/c17-11-8-10(4-5-12(11)18)16(22)21-6-7-23-14(9-21)13-2-1-3-15(19)20-13/h1-5,8,14H,6-7,9H2,(H2,19,20)/t14-/m1/s1. The van der Waals surface area contributed by atoms with Crippen molar-refractivity contribution in [3.8, 4) is 0 Å². The van der Waals surface area contributed by atoms with Gasteiger partial charge in [0.2, 0.25) is 0 Å². The molecule has 120 valence electrons. The van der Waals surface area contributed by atoms with Gasteiger partial charge in [-0.1, -0.05) is 17.7 Å². The Labute approximate surface area is 137 Å². The summed E-state index contributed by atoms with van der Waals surface area (Å²) in [6.07, 6.45) is -0.341. The van der Waals surface area contributed by atoms with Crippen LogP contribution in [0.3, 0.4) is 0 Å². The van der Waals surface area contributed by atoms with Crippen LogP contribution in [0.1, 0.15) is 22.2 Å². The van der Waals surface area contributed by atoms with Gasteiger partial charge in [0.15, 0.2) is 0 Å². The third-order valence-corrected chi connectivity index (χ3v) is 3.93. The van der Waals surface area contributed by atoms with E-state index in [1.807, 2.05) is 6.07 Å². The number of nitrogen functional groups attached to an aromatic ring is 1. The molecule has 23 heavy (non-hydrogen) atoms. The van der Waals surface area contributed by atoms with E-state index in [4.69, 9.17) is 22.1 Å². The van der Waals surface area contributed by atoms with Crippen molar-refractivity contribution in [1.82, 2.24) is 9.88 Å². The molecule has 0 bridgehead atoms. The molecule has 2 N–H and O–H groups in total. The Morgan fingerprint density at radius 1 is 1.39 bits per heavy atom. The summed E-state index contributed by atoms with van der Waals surface area (Å²) in [5.41, 5.74) is 6.71. The molecule has 1 aromatic heterocycles. The molecule has 0 spiro atoms. The number of anilines is 1. The second kappa shape index (κ2) is 6.52. The largest absolute Gasteiger partial charge is 0.384 e. The summed E-state index contributed by atoms with van der Waals surface area (Å²) < 4.78 is 18.9. The van der Waals surface area contributed by atoms with Crippen molar-refractivity contribution < 1.29 is 13.9 Å². The molecule has 2 aromatic rings. The average Bonchev–Trinajstić information content (AvgIpc) is 2.57. The molecule has 0 saturated carbocycles. The van der Waals surface area contributed by atoms with Crippen LogP contribution in [0.5, 0.6) is 0 Å². The number of carbonyl (C=O) groups excluding carboxylic acids is 1. The molecule has 0 aliphatic carbocycles. The van der Waals surface area contributed by atoms with Crippen molar-refractivity contribution in [3.63, 3.8) is 0 Å². The number of benzene rings is 1. The van der Waals surface area contributed by atoms with E-state index in [1.54, 1.807) is 17.0 Å². The van der Waals surface area contributed by atoms with Crippen molar-refractivity contribution in [2.45, 2.75) is 6.10 Å². The predicted octanol–water partition coefficient (Wildman–Crippen LogP) is 2.67. The number of nitrogens with two attached hydrogens (primary N) is 1. The highest BCUT2D eigenvalue weighted by Gasteiger charge is 2.27. The van der Waals surface area contributed by atoms with Crippen LogP contribution in [-0.2, 0) is 4.74 Å². The molecule has 0 unspecified atom stereocenters. The maximum atomic E-state index is 13.2. The van der Waals surface area contributed by atoms with Gasteiger partial charge in [-0.05, 0) is 30.3 Å². The maximum Gasteiger partial charge on any atom is 0.254 e. The van der Waals surface area contributed by atoms with Gasteiger partial charge < -0.3 is 15.4 Å². The van der Waals surface area contributed by atoms with Gasteiger partial charge in [-0.25, -0.2) is 9.37 Å². The number of aromatic nitrogens is 1. The lowest BCUT2D eigenvalue weighted by atomic mass is 10.1. The summed E-state index contributed by atoms with van der Waals surface area (Å²) >= 11 is 5.74. The fourth-order valence-electron chi connectivity index (χ4n) is 2.47. The molecule has 7 heteroatoms. The Balaban J connectivity index is 1.77. The molecule has 1 atom stereocenters. The molecular weight excluding hydrogens is 321 g/mol. The van der Waals surface area contributed by atoms with Gasteiger partial charge in [0.1, 0.15) is 17.7 Å². The van der Waals surface area contributed by atoms with Crippen LogP contribution in [-0.4, -0.2) is 35.5 Å². The molecule has 1 amide bonds. The minimum atomic E-state index is -0.549. The van der Waals surface area contributed by atoms with Crippen LogP contribution in [0.4, 0.5) is 10.2 Å². The number of pyridine rings is 1. The van der Waals surface area contributed by atoms with Crippen molar-refractivity contribution in [2.24, 2.45) is 0 Å². The summed E-state index contributed by atoms with van der Waals surface area (Å²) in [4.78, 5) is 18.4. The Hall–Kier alpha value is -2.18. The molecule has 0 radical (unpaired) electrons. The smallest absolute Gasteiger partial charge is 0.254 e. The summed E-state index contributed by atoms with van der Waals surface area (Å²) in [5, 5.41) is -0.0711. The van der Waals surface area contributed by atoms with Crippen molar-refractivity contribution in [3.05, 3.63) is 58.5 Å². The van der Waals surface area contributed by atoms with Gasteiger partial charge in [0.25, 0.3) is 5.91 Å². The van der Waals surface area contributed by atoms with Crippen molar-refractivity contribution in [2.75, 3.05) is 25.4 Å². The minimum Gasteiger partial charge on any atom is -0.384 e. The normalized spacial score (nSPS) is 18.0. The first-order chi connectivity index (χ1) is 11.0. The van der Waals surface area contributed by atoms with E-state index in [0.717, 1.165) is 0 Å². The second-order valence-electron chi connectivity index (χ2n) is 5.23. The summed E-state index contributed by atoms with van der Waals surface area (Å²) in [6, 6.07) is 9.24. The third kappa shape index (κ3) is 3.43. The highest BCUT2D eigenvalue weighted by Crippen LogP contribution is 2.23. The van der Waals surface area contributed by atoms with Crippen LogP contribution in [0.15, 0.2) is 36.4 Å². The van der Waals surface area contributed by atoms with E-state index < -0.39 is 5.82 Å². The van der Waals surface area contributed by atoms with Crippen molar-refractivity contribution in [1.29, 1.82) is 0 Å². The predicted molar refractivity (Wildman–Crippen MR) is 84.7 cm³/mol. The number of morpholine rings is 1. The number of rotatable bonds is 2. The fraction of sp³-hybridized carbons (Fsp3) is 0.250. The van der Waals surface area contributed by atoms with E-state index >= 15 is 0 Å². The summed E-state index contributed by atoms with van der Waals surface area (Å²) in [6.45, 7) is 1.19. The van der Waals surface area contributed by atoms with Crippen molar-refractivity contribution >= 4 is 23.3 Å². The Morgan fingerprint density at radius 3 is 2.96 bits per heavy atom. The number of hydrogen-bond acceptors (Lipinski definition) is 4. The third-order valence-electron chi connectivity index (χ3n) is 3.64. The van der Waals surface area contributed by atoms with E-state index in [2.05, 4.69) is 4.98 Å². The van der Waals surface area contributed by atoms with Gasteiger partial charge in [0.05, 0.1) is 23.9 Å². The lowest BCUT2D eigenvalue weighted by molar-refractivity contribution is -0.0246. The highest BCUT2D eigenvalue weighted by molar-refractivity contribution is 6.31. The molecule has 2 heterocycles. The van der Waals surface area contributed by atoms with Gasteiger partial charge in [-0.2, -0.15) is 0 Å². The van der Waals surface area contributed by atoms with Gasteiger partial charge in [0, 0.05) is 12.1 Å². The SMILES string of the molecule is Nc1cccc([C@H]2CN(C(=O)c3ccc(F)c(Cl)c3)CCO2)n1. The second-order valence-corrected chi connectivity index (χ2v) is 5.63. The quantitative estimate of drug-likeness (QED) is 0.916. The Kier molecular flexibility index (Phi) is 4.45. The molecule has 1 saturated heterocycles. The average molecular weight is 336 g/mol. The summed E-state index contributed by atoms with van der Waals surface area (Å²) in [7, 11) is 0. The van der Waals surface area contributed by atoms with Crippen LogP contribution in [0, 0.1) is 5.82 Å². The Bertz CT molecular complexity index is 741. The zero-order chi connectivity index (χ0) is 16.4. The first-order valence-corrected chi connectivity index (χ1v) is 7.51. The van der Waals surface area contributed by atoms with Crippen LogP contribution >= 0.6 is 11.6 Å². The van der Waals surface area contributed by atoms with Crippen LogP contribution < -0.4 is 5.73 Å². The first kappa shape index (κ1) is 15.7. The zero-order valence-corrected chi connectivity index (χ0v) is 13.0. The van der Waals surface area contributed by atoms with E-state index in [9.17, 15) is 9.18 Å². The fourth-order valence-corrected chi connectivity index (χ4v) is 2.65. The molecule has 1 aliphatic rings. The molecule has 5 nitrogen and oxygen atoms in total. The molecule has 1 aromatic carbocycles. The summed E-state index contributed by atoms with van der Waals surface area (Å²) in [5.74, 6) is -0.365. The first-order valence-electron chi connectivity index (χ1n) is 7.13. The molecule has 1 aliphatic heterocycles. The lowest BCUT2D eigenvalue weighted by Gasteiger charge is -2.32. The number of hydrogen-bond donors (Lipinski definition) is 1. The van der Waals surface area contributed by atoms with E-state index in [0.29, 0.717) is 36.8 Å². The van der Waals surface area contributed by atoms with Gasteiger partial charge in [-0.3, -0.25) is 4.79 Å². The maximum absolute atomic E-state index is 13.2. The van der Waals surface area contributed by atoms with Crippen LogP contribution in [0.25, 0.3) is 0 Å². The number of nitrogens with zero attached hydrogens (tertiary/aromatic N) is 2. The van der Waals surface area contributed by atoms with Gasteiger partial charge >= 0.3 is 0 Å². The zero-order valence-electron chi connectivity index (χ0n) is 12.2. The topological polar surface area (TPSA) is 68.5 Å². The minimum absolute atomic E-state index is 0.0711. The van der Waals surface area contributed by atoms with Gasteiger partial charge in [-0.15, -0.1) is 0 Å². The number of ether oxygens (including phenoxy) is 1. The number of halogens is 2. The molecule has 3 rings (SSSR count). The molecular formula is C16H15ClFN3O2. The van der Waals surface area contributed by atoms with Crippen LogP contribution in [0.2, 0.25) is 5.02 Å². The Morgan fingerprint density at radius 2 is 2.22 bits per heavy atom. The monoisotopic (exact) mass is 335 g/mol.